The van der Waals surface area contributed by atoms with Gasteiger partial charge in [-0.05, 0) is 38.1 Å². The lowest BCUT2D eigenvalue weighted by Crippen LogP contribution is -2.36. The van der Waals surface area contributed by atoms with Crippen molar-refractivity contribution in [2.45, 2.75) is 30.8 Å². The van der Waals surface area contributed by atoms with Crippen LogP contribution in [0.2, 0.25) is 0 Å². The summed E-state index contributed by atoms with van der Waals surface area (Å²) < 4.78 is 7.32. The highest BCUT2D eigenvalue weighted by atomic mass is 32.2. The first kappa shape index (κ1) is 19.4. The van der Waals surface area contributed by atoms with E-state index >= 15 is 0 Å². The van der Waals surface area contributed by atoms with Gasteiger partial charge in [0.05, 0.1) is 18.5 Å². The third-order valence-corrected chi connectivity index (χ3v) is 5.46. The van der Waals surface area contributed by atoms with Crippen molar-refractivity contribution in [2.75, 3.05) is 36.5 Å². The van der Waals surface area contributed by atoms with Crippen LogP contribution < -0.4 is 10.2 Å². The Hall–Kier alpha value is -2.32. The topological polar surface area (TPSA) is 72.3 Å². The van der Waals surface area contributed by atoms with Gasteiger partial charge in [0.25, 0.3) is 0 Å². The normalized spacial score (nSPS) is 15.4. The van der Waals surface area contributed by atoms with Crippen LogP contribution in [0.15, 0.2) is 42.1 Å². The van der Waals surface area contributed by atoms with E-state index in [1.807, 2.05) is 42.7 Å². The van der Waals surface area contributed by atoms with Gasteiger partial charge >= 0.3 is 0 Å². The van der Waals surface area contributed by atoms with Gasteiger partial charge in [-0.25, -0.2) is 0 Å². The van der Waals surface area contributed by atoms with Crippen LogP contribution in [0.3, 0.4) is 0 Å². The number of aryl methyl sites for hydroxylation is 1. The number of carbonyl (C=O) groups is 1. The number of ether oxygens (including phenoxy) is 1. The van der Waals surface area contributed by atoms with Crippen molar-refractivity contribution in [1.82, 2.24) is 14.8 Å². The molecule has 2 heterocycles. The van der Waals surface area contributed by atoms with Gasteiger partial charge in [-0.1, -0.05) is 17.8 Å². The zero-order chi connectivity index (χ0) is 19.2. The highest BCUT2D eigenvalue weighted by molar-refractivity contribution is 8.00. The minimum absolute atomic E-state index is 0.0649. The van der Waals surface area contributed by atoms with Crippen molar-refractivity contribution in [2.24, 2.45) is 0 Å². The second kappa shape index (κ2) is 9.05. The van der Waals surface area contributed by atoms with Gasteiger partial charge in [0.15, 0.2) is 5.16 Å². The van der Waals surface area contributed by atoms with Crippen molar-refractivity contribution in [3.8, 4) is 0 Å². The summed E-state index contributed by atoms with van der Waals surface area (Å²) in [5.41, 5.74) is 1.93. The Morgan fingerprint density at radius 2 is 2.04 bits per heavy atom. The molecule has 2 aromatic rings. The number of nitrogens with zero attached hydrogens (tertiary/aromatic N) is 4. The van der Waals surface area contributed by atoms with Crippen LogP contribution in [0.1, 0.15) is 12.7 Å². The van der Waals surface area contributed by atoms with E-state index in [1.54, 1.807) is 6.08 Å². The molecule has 144 valence electrons. The van der Waals surface area contributed by atoms with Gasteiger partial charge in [0.2, 0.25) is 5.91 Å². The van der Waals surface area contributed by atoms with Crippen molar-refractivity contribution in [3.05, 3.63) is 42.7 Å². The monoisotopic (exact) mass is 387 g/mol. The number of anilines is 2. The Bertz CT molecular complexity index is 784. The average Bonchev–Trinajstić information content (AvgIpc) is 3.03. The van der Waals surface area contributed by atoms with Gasteiger partial charge in [0, 0.05) is 31.0 Å². The number of rotatable bonds is 7. The molecule has 1 fully saturated rings. The summed E-state index contributed by atoms with van der Waals surface area (Å²) in [6.07, 6.45) is 1.79. The second-order valence-corrected chi connectivity index (χ2v) is 7.63. The molecule has 8 heteroatoms. The van der Waals surface area contributed by atoms with Crippen LogP contribution in [-0.2, 0) is 16.1 Å². The van der Waals surface area contributed by atoms with E-state index in [4.69, 9.17) is 4.74 Å². The first-order valence-electron chi connectivity index (χ1n) is 8.99. The maximum absolute atomic E-state index is 12.5. The molecule has 0 radical (unpaired) electrons. The molecule has 0 aliphatic carbocycles. The zero-order valence-corrected chi connectivity index (χ0v) is 16.5. The van der Waals surface area contributed by atoms with E-state index in [-0.39, 0.29) is 11.2 Å². The first-order chi connectivity index (χ1) is 13.1. The Balaban J connectivity index is 1.58. The highest BCUT2D eigenvalue weighted by Gasteiger charge is 2.19. The number of benzene rings is 1. The molecule has 1 atom stereocenters. The maximum Gasteiger partial charge on any atom is 0.237 e. The first-order valence-corrected chi connectivity index (χ1v) is 9.87. The number of hydrogen-bond donors (Lipinski definition) is 1. The van der Waals surface area contributed by atoms with Gasteiger partial charge < -0.3 is 19.5 Å². The molecule has 0 unspecified atom stereocenters. The average molecular weight is 388 g/mol. The van der Waals surface area contributed by atoms with E-state index < -0.39 is 0 Å². The van der Waals surface area contributed by atoms with Crippen molar-refractivity contribution in [3.63, 3.8) is 0 Å². The largest absolute Gasteiger partial charge is 0.378 e. The Morgan fingerprint density at radius 3 is 2.70 bits per heavy atom. The predicted molar refractivity (Wildman–Crippen MR) is 108 cm³/mol. The lowest BCUT2D eigenvalue weighted by molar-refractivity contribution is -0.115. The third-order valence-electron chi connectivity index (χ3n) is 4.38. The SMILES string of the molecule is C=CCn1c(C)nnc1S[C@H](C)C(=O)Nc1ccc(N2CCOCC2)cc1. The molecule has 1 saturated heterocycles. The maximum atomic E-state index is 12.5. The number of hydrogen-bond acceptors (Lipinski definition) is 6. The molecule has 1 N–H and O–H groups in total. The molecular weight excluding hydrogens is 362 g/mol. The molecular formula is C19H25N5O2S. The molecule has 3 rings (SSSR count). The van der Waals surface area contributed by atoms with Crippen molar-refractivity contribution >= 4 is 29.0 Å². The highest BCUT2D eigenvalue weighted by Crippen LogP contribution is 2.24. The molecule has 27 heavy (non-hydrogen) atoms. The molecule has 1 aliphatic rings. The fraction of sp³-hybridized carbons (Fsp3) is 0.421. The van der Waals surface area contributed by atoms with E-state index in [1.165, 1.54) is 11.8 Å². The van der Waals surface area contributed by atoms with Crippen LogP contribution in [0.4, 0.5) is 11.4 Å². The molecule has 1 aliphatic heterocycles. The summed E-state index contributed by atoms with van der Waals surface area (Å²) in [5.74, 6) is 0.744. The fourth-order valence-electron chi connectivity index (χ4n) is 2.82. The molecule has 7 nitrogen and oxygen atoms in total. The van der Waals surface area contributed by atoms with E-state index in [9.17, 15) is 4.79 Å². The second-order valence-electron chi connectivity index (χ2n) is 6.32. The number of allylic oxidation sites excluding steroid dienone is 1. The number of thioether (sulfide) groups is 1. The lowest BCUT2D eigenvalue weighted by Gasteiger charge is -2.28. The van der Waals surface area contributed by atoms with Crippen molar-refractivity contribution < 1.29 is 9.53 Å². The van der Waals surface area contributed by atoms with E-state index in [2.05, 4.69) is 27.0 Å². The summed E-state index contributed by atoms with van der Waals surface area (Å²) in [7, 11) is 0. The quantitative estimate of drug-likeness (QED) is 0.582. The minimum Gasteiger partial charge on any atom is -0.378 e. The van der Waals surface area contributed by atoms with Crippen LogP contribution in [0.25, 0.3) is 0 Å². The standard InChI is InChI=1S/C19H25N5O2S/c1-4-9-24-15(3)21-22-19(24)27-14(2)18(25)20-16-5-7-17(8-6-16)23-10-12-26-13-11-23/h4-8,14H,1,9-13H2,2-3H3,(H,20,25)/t14-/m1/s1. The number of aromatic nitrogens is 3. The summed E-state index contributed by atoms with van der Waals surface area (Å²) >= 11 is 1.39. The van der Waals surface area contributed by atoms with E-state index in [0.29, 0.717) is 6.54 Å². The number of nitrogens with one attached hydrogen (secondary N) is 1. The van der Waals surface area contributed by atoms with Crippen LogP contribution in [-0.4, -0.2) is 52.2 Å². The predicted octanol–water partition coefficient (Wildman–Crippen LogP) is 2.73. The number of carbonyl (C=O) groups excluding carboxylic acids is 1. The van der Waals surface area contributed by atoms with Crippen LogP contribution in [0, 0.1) is 6.92 Å². The van der Waals surface area contributed by atoms with Gasteiger partial charge in [-0.3, -0.25) is 4.79 Å². The van der Waals surface area contributed by atoms with Crippen LogP contribution in [0.5, 0.6) is 0 Å². The summed E-state index contributed by atoms with van der Waals surface area (Å²) in [6, 6.07) is 7.93. The lowest BCUT2D eigenvalue weighted by atomic mass is 10.2. The smallest absolute Gasteiger partial charge is 0.237 e. The summed E-state index contributed by atoms with van der Waals surface area (Å²) in [6.45, 7) is 11.4. The third kappa shape index (κ3) is 4.90. The Labute approximate surface area is 163 Å². The molecule has 1 aromatic heterocycles. The molecule has 0 bridgehead atoms. The van der Waals surface area contributed by atoms with E-state index in [0.717, 1.165) is 48.7 Å². The Morgan fingerprint density at radius 1 is 1.33 bits per heavy atom. The summed E-state index contributed by atoms with van der Waals surface area (Å²) in [4.78, 5) is 14.8. The molecule has 1 amide bonds. The number of amides is 1. The summed E-state index contributed by atoms with van der Waals surface area (Å²) in [5, 5.41) is 11.6. The van der Waals surface area contributed by atoms with Crippen molar-refractivity contribution in [1.29, 1.82) is 0 Å². The van der Waals surface area contributed by atoms with Gasteiger partial charge in [0.1, 0.15) is 5.82 Å². The molecule has 0 saturated carbocycles. The Kier molecular flexibility index (Phi) is 6.52. The van der Waals surface area contributed by atoms with Crippen LogP contribution >= 0.6 is 11.8 Å². The van der Waals surface area contributed by atoms with Gasteiger partial charge in [-0.15, -0.1) is 16.8 Å². The van der Waals surface area contributed by atoms with Gasteiger partial charge in [-0.2, -0.15) is 0 Å². The number of morpholine rings is 1. The minimum atomic E-state index is -0.295. The molecule has 0 spiro atoms. The molecule has 1 aromatic carbocycles. The fourth-order valence-corrected chi connectivity index (χ4v) is 3.72. The zero-order valence-electron chi connectivity index (χ0n) is 15.7.